The molecule has 10 nitrogen and oxygen atoms in total. The zero-order valence-corrected chi connectivity index (χ0v) is 28.3. The van der Waals surface area contributed by atoms with E-state index in [1.165, 1.54) is 24.5 Å². The topological polar surface area (TPSA) is 108 Å². The molecule has 1 N–H and O–H groups in total. The molecule has 3 heterocycles. The van der Waals surface area contributed by atoms with Gasteiger partial charge in [-0.3, -0.25) is 4.79 Å². The van der Waals surface area contributed by atoms with Crippen LogP contribution in [0.2, 0.25) is 0 Å². The molecule has 2 saturated heterocycles. The Morgan fingerprint density at radius 3 is 2.46 bits per heavy atom. The maximum atomic E-state index is 14.3. The molecule has 12 heteroatoms. The van der Waals surface area contributed by atoms with Crippen LogP contribution in [0.1, 0.15) is 88.9 Å². The van der Waals surface area contributed by atoms with E-state index >= 15 is 0 Å². The van der Waals surface area contributed by atoms with Crippen LogP contribution in [0.15, 0.2) is 30.7 Å². The lowest BCUT2D eigenvalue weighted by molar-refractivity contribution is 0.0618. The first-order chi connectivity index (χ1) is 22.1. The van der Waals surface area contributed by atoms with E-state index in [-0.39, 0.29) is 40.0 Å². The van der Waals surface area contributed by atoms with Gasteiger partial charge >= 0.3 is 0 Å². The fourth-order valence-electron chi connectivity index (χ4n) is 7.67. The predicted octanol–water partition coefficient (Wildman–Crippen LogP) is 5.21. The summed E-state index contributed by atoms with van der Waals surface area (Å²) in [5.41, 5.74) is 0.424. The monoisotopic (exact) mass is 656 g/mol. The molecular weight excluding hydrogens is 607 g/mol. The highest BCUT2D eigenvalue weighted by Crippen LogP contribution is 2.45. The van der Waals surface area contributed by atoms with Crippen molar-refractivity contribution in [1.29, 1.82) is 0 Å². The molecule has 2 aromatic rings. The number of hydrogen-bond donors (Lipinski definition) is 1. The van der Waals surface area contributed by atoms with Gasteiger partial charge in [0.05, 0.1) is 17.0 Å². The Balaban J connectivity index is 1.01. The molecule has 2 saturated carbocycles. The number of benzene rings is 1. The smallest absolute Gasteiger partial charge is 0.257 e. The highest BCUT2D eigenvalue weighted by molar-refractivity contribution is 7.90. The van der Waals surface area contributed by atoms with Crippen LogP contribution in [-0.2, 0) is 10.0 Å². The molecule has 46 heavy (non-hydrogen) atoms. The van der Waals surface area contributed by atoms with Gasteiger partial charge in [-0.1, -0.05) is 6.42 Å². The van der Waals surface area contributed by atoms with E-state index in [4.69, 9.17) is 4.74 Å². The third-order valence-corrected chi connectivity index (χ3v) is 12.7. The number of rotatable bonds is 11. The van der Waals surface area contributed by atoms with Crippen LogP contribution in [-0.4, -0.2) is 90.7 Å². The Kier molecular flexibility index (Phi) is 9.87. The molecule has 0 bridgehead atoms. The lowest BCUT2D eigenvalue weighted by atomic mass is 9.71. The molecule has 0 radical (unpaired) electrons. The molecule has 6 rings (SSSR count). The third kappa shape index (κ3) is 7.18. The Labute approximate surface area is 273 Å². The van der Waals surface area contributed by atoms with E-state index in [1.54, 1.807) is 11.1 Å². The van der Waals surface area contributed by atoms with E-state index in [0.717, 1.165) is 90.5 Å². The molecule has 1 amide bonds. The van der Waals surface area contributed by atoms with Crippen molar-refractivity contribution in [1.82, 2.24) is 24.5 Å². The first-order valence-electron chi connectivity index (χ1n) is 17.1. The maximum Gasteiger partial charge on any atom is 0.257 e. The number of nitrogens with one attached hydrogen (secondary N) is 1. The summed E-state index contributed by atoms with van der Waals surface area (Å²) in [5, 5.41) is -0.165. The number of amides is 1. The average molecular weight is 657 g/mol. The van der Waals surface area contributed by atoms with Gasteiger partial charge in [-0.15, -0.1) is 0 Å². The number of anilines is 1. The second kappa shape index (κ2) is 13.7. The fraction of sp³-hybridized carbons (Fsp3) is 0.676. The minimum atomic E-state index is -3.14. The Bertz CT molecular complexity index is 1480. The normalized spacial score (nSPS) is 23.6. The van der Waals surface area contributed by atoms with Gasteiger partial charge < -0.3 is 19.4 Å². The van der Waals surface area contributed by atoms with Gasteiger partial charge in [-0.05, 0) is 109 Å². The Morgan fingerprint density at radius 2 is 1.83 bits per heavy atom. The minimum absolute atomic E-state index is 0.0346. The Morgan fingerprint density at radius 1 is 1.11 bits per heavy atom. The van der Waals surface area contributed by atoms with Crippen molar-refractivity contribution >= 4 is 21.7 Å². The van der Waals surface area contributed by atoms with Gasteiger partial charge in [0.25, 0.3) is 5.91 Å². The quantitative estimate of drug-likeness (QED) is 0.351. The maximum absolute atomic E-state index is 14.3. The molecule has 0 atom stereocenters. The summed E-state index contributed by atoms with van der Waals surface area (Å²) in [6, 6.07) is 4.11. The lowest BCUT2D eigenvalue weighted by Gasteiger charge is -2.54. The van der Waals surface area contributed by atoms with E-state index in [0.29, 0.717) is 24.0 Å². The summed E-state index contributed by atoms with van der Waals surface area (Å²) in [6.07, 6.45) is 12.1. The second-order valence-corrected chi connectivity index (χ2v) is 16.2. The number of halogens is 1. The third-order valence-electron chi connectivity index (χ3n) is 10.7. The van der Waals surface area contributed by atoms with Crippen molar-refractivity contribution < 1.29 is 22.3 Å². The van der Waals surface area contributed by atoms with Crippen LogP contribution in [0.4, 0.5) is 10.2 Å². The molecule has 2 aliphatic carbocycles. The van der Waals surface area contributed by atoms with Crippen LogP contribution in [0.25, 0.3) is 0 Å². The van der Waals surface area contributed by atoms with E-state index < -0.39 is 15.8 Å². The van der Waals surface area contributed by atoms with Crippen LogP contribution < -0.4 is 14.4 Å². The van der Waals surface area contributed by atoms with Gasteiger partial charge in [0, 0.05) is 43.7 Å². The van der Waals surface area contributed by atoms with Gasteiger partial charge in [0.15, 0.2) is 11.6 Å². The predicted molar refractivity (Wildman–Crippen MR) is 176 cm³/mol. The van der Waals surface area contributed by atoms with Crippen molar-refractivity contribution in [2.24, 2.45) is 11.3 Å². The van der Waals surface area contributed by atoms with Gasteiger partial charge in [0.1, 0.15) is 17.9 Å². The summed E-state index contributed by atoms with van der Waals surface area (Å²) in [6.45, 7) is 11.3. The average Bonchev–Trinajstić information content (AvgIpc) is 2.97. The zero-order valence-electron chi connectivity index (χ0n) is 27.5. The van der Waals surface area contributed by atoms with Crippen molar-refractivity contribution in [3.05, 3.63) is 42.1 Å². The van der Waals surface area contributed by atoms with Gasteiger partial charge in [-0.25, -0.2) is 27.5 Å². The second-order valence-electron chi connectivity index (χ2n) is 14.2. The Hall–Kier alpha value is -2.83. The number of hydrogen-bond acceptors (Lipinski definition) is 8. The molecule has 1 aromatic heterocycles. The zero-order chi connectivity index (χ0) is 32.5. The SMILES string of the molecule is CCN(C(=O)c1cc(F)ccc1Oc1cncnc1N1CC2(CCN(C[C@H]3CC[C@@H](NS(=O)(=O)C4CCC4)CC3)CC2)C1)C(C)C. The molecule has 2 aliphatic heterocycles. The number of piperidine rings is 1. The van der Waals surface area contributed by atoms with Crippen LogP contribution >= 0.6 is 0 Å². The fourth-order valence-corrected chi connectivity index (χ4v) is 9.52. The van der Waals surface area contributed by atoms with Gasteiger partial charge in [-0.2, -0.15) is 0 Å². The highest BCUT2D eigenvalue weighted by Gasteiger charge is 2.46. The number of nitrogens with zero attached hydrogens (tertiary/aromatic N) is 5. The first-order valence-corrected chi connectivity index (χ1v) is 18.7. The number of sulfonamides is 1. The molecule has 1 spiro atoms. The van der Waals surface area contributed by atoms with E-state index in [9.17, 15) is 17.6 Å². The van der Waals surface area contributed by atoms with Gasteiger partial charge in [0.2, 0.25) is 10.0 Å². The van der Waals surface area contributed by atoms with Crippen molar-refractivity contribution in [3.63, 3.8) is 0 Å². The van der Waals surface area contributed by atoms with Crippen molar-refractivity contribution in [2.75, 3.05) is 44.2 Å². The molecular formula is C34H49FN6O4S. The molecule has 4 aliphatic rings. The lowest BCUT2D eigenvalue weighted by Crippen LogP contribution is -2.61. The molecule has 1 aromatic carbocycles. The minimum Gasteiger partial charge on any atom is -0.451 e. The molecule has 252 valence electrons. The van der Waals surface area contributed by atoms with Crippen LogP contribution in [0, 0.1) is 17.2 Å². The number of carbonyl (C=O) groups is 1. The summed E-state index contributed by atoms with van der Waals surface area (Å²) >= 11 is 0. The number of ether oxygens (including phenoxy) is 1. The summed E-state index contributed by atoms with van der Waals surface area (Å²) in [7, 11) is -3.14. The summed E-state index contributed by atoms with van der Waals surface area (Å²) < 4.78 is 48.6. The van der Waals surface area contributed by atoms with E-state index in [2.05, 4.69) is 24.5 Å². The number of carbonyl (C=O) groups excluding carboxylic acids is 1. The largest absolute Gasteiger partial charge is 0.451 e. The van der Waals surface area contributed by atoms with E-state index in [1.807, 2.05) is 20.8 Å². The van der Waals surface area contributed by atoms with Crippen LogP contribution in [0.3, 0.4) is 0 Å². The van der Waals surface area contributed by atoms with Crippen molar-refractivity contribution in [2.45, 2.75) is 95.9 Å². The van der Waals surface area contributed by atoms with Crippen molar-refractivity contribution in [3.8, 4) is 11.5 Å². The standard InChI is InChI=1S/C34H49FN6O4S/c1-4-41(24(2)3)33(42)29-18-26(35)10-13-30(29)45-31-19-36-23-37-32(31)40-21-34(22-40)14-16-39(17-15-34)20-25-8-11-27(12-9-25)38-46(43,44)28-6-5-7-28/h10,13,18-19,23-25,27-28,38H,4-9,11-12,14-17,20-22H2,1-3H3/t25-,27+. The summed E-state index contributed by atoms with van der Waals surface area (Å²) in [5.74, 6) is 1.29. The first kappa shape index (κ1) is 33.1. The molecule has 4 fully saturated rings. The molecule has 0 unspecified atom stereocenters. The highest BCUT2D eigenvalue weighted by atomic mass is 32.2. The number of aromatic nitrogens is 2. The summed E-state index contributed by atoms with van der Waals surface area (Å²) in [4.78, 5) is 28.6. The van der Waals surface area contributed by atoms with Crippen LogP contribution in [0.5, 0.6) is 11.5 Å². The number of likely N-dealkylation sites (tertiary alicyclic amines) is 1.